The summed E-state index contributed by atoms with van der Waals surface area (Å²) >= 11 is 12.2. The number of halogens is 2. The Morgan fingerprint density at radius 3 is 2.63 bits per heavy atom. The third-order valence-electron chi connectivity index (χ3n) is 3.39. The van der Waals surface area contributed by atoms with Gasteiger partial charge in [-0.3, -0.25) is 4.79 Å². The molecule has 104 valence electrons. The van der Waals surface area contributed by atoms with E-state index in [0.29, 0.717) is 21.8 Å². The number of amides is 1. The molecule has 2 rings (SSSR count). The van der Waals surface area contributed by atoms with Gasteiger partial charge in [0, 0.05) is 17.1 Å². The average Bonchev–Trinajstić information content (AvgIpc) is 2.86. The Balaban J connectivity index is 2.01. The van der Waals surface area contributed by atoms with Gasteiger partial charge in [-0.25, -0.2) is 0 Å². The molecule has 0 bridgehead atoms. The number of ether oxygens (including phenoxy) is 1. The van der Waals surface area contributed by atoms with Crippen molar-refractivity contribution in [3.63, 3.8) is 0 Å². The lowest BCUT2D eigenvalue weighted by molar-refractivity contribution is -0.121. The van der Waals surface area contributed by atoms with Gasteiger partial charge in [0.05, 0.1) is 18.6 Å². The Kier molecular flexibility index (Phi) is 4.94. The summed E-state index contributed by atoms with van der Waals surface area (Å²) in [6.45, 7) is 0. The molecule has 1 aliphatic carbocycles. The lowest BCUT2D eigenvalue weighted by Gasteiger charge is -2.13. The quantitative estimate of drug-likeness (QED) is 0.923. The van der Waals surface area contributed by atoms with E-state index in [1.165, 1.54) is 20.0 Å². The monoisotopic (exact) mass is 301 g/mol. The summed E-state index contributed by atoms with van der Waals surface area (Å²) in [7, 11) is 1.53. The van der Waals surface area contributed by atoms with Crippen molar-refractivity contribution in [2.75, 3.05) is 7.11 Å². The minimum Gasteiger partial charge on any atom is -0.495 e. The van der Waals surface area contributed by atoms with E-state index in [0.717, 1.165) is 18.4 Å². The molecule has 0 saturated heterocycles. The Morgan fingerprint density at radius 2 is 2.00 bits per heavy atom. The Bertz CT molecular complexity index is 471. The van der Waals surface area contributed by atoms with Gasteiger partial charge in [-0.05, 0) is 24.5 Å². The molecule has 0 spiro atoms. The van der Waals surface area contributed by atoms with E-state index in [9.17, 15) is 4.79 Å². The zero-order chi connectivity index (χ0) is 13.8. The molecule has 5 heteroatoms. The van der Waals surface area contributed by atoms with Crippen LogP contribution in [0.3, 0.4) is 0 Å². The molecule has 19 heavy (non-hydrogen) atoms. The highest BCUT2D eigenvalue weighted by molar-refractivity contribution is 6.34. The molecular weight excluding hydrogens is 285 g/mol. The third kappa shape index (κ3) is 3.77. The van der Waals surface area contributed by atoms with E-state index < -0.39 is 0 Å². The number of carbonyl (C=O) groups is 1. The van der Waals surface area contributed by atoms with Crippen LogP contribution in [0.25, 0.3) is 0 Å². The van der Waals surface area contributed by atoms with Crippen molar-refractivity contribution >= 4 is 29.1 Å². The van der Waals surface area contributed by atoms with Crippen LogP contribution in [0.4, 0.5) is 0 Å². The highest BCUT2D eigenvalue weighted by Gasteiger charge is 2.18. The van der Waals surface area contributed by atoms with E-state index in [-0.39, 0.29) is 12.3 Å². The minimum absolute atomic E-state index is 0.00460. The summed E-state index contributed by atoms with van der Waals surface area (Å²) in [5, 5.41) is 4.00. The molecule has 1 aliphatic rings. The van der Waals surface area contributed by atoms with Gasteiger partial charge in [-0.1, -0.05) is 36.0 Å². The fraction of sp³-hybridized carbons (Fsp3) is 0.500. The van der Waals surface area contributed by atoms with E-state index in [2.05, 4.69) is 5.32 Å². The SMILES string of the molecule is COc1cc(Cl)c(CC(=O)NC2CCCC2)cc1Cl. The molecule has 0 aromatic heterocycles. The number of methoxy groups -OCH3 is 1. The molecule has 0 aliphatic heterocycles. The van der Waals surface area contributed by atoms with Gasteiger partial charge in [-0.15, -0.1) is 0 Å². The molecule has 0 atom stereocenters. The Morgan fingerprint density at radius 1 is 1.32 bits per heavy atom. The van der Waals surface area contributed by atoms with Gasteiger partial charge < -0.3 is 10.1 Å². The van der Waals surface area contributed by atoms with Gasteiger partial charge in [0.15, 0.2) is 0 Å². The predicted octanol–water partition coefficient (Wildman–Crippen LogP) is 3.60. The molecule has 1 fully saturated rings. The fourth-order valence-corrected chi connectivity index (χ4v) is 2.87. The molecule has 1 aromatic carbocycles. The molecule has 1 saturated carbocycles. The van der Waals surface area contributed by atoms with Crippen LogP contribution in [0.1, 0.15) is 31.2 Å². The summed E-state index contributed by atoms with van der Waals surface area (Å²) < 4.78 is 5.08. The summed E-state index contributed by atoms with van der Waals surface area (Å²) in [5.41, 5.74) is 0.725. The van der Waals surface area contributed by atoms with Gasteiger partial charge in [0.25, 0.3) is 0 Å². The van der Waals surface area contributed by atoms with Crippen LogP contribution in [0.15, 0.2) is 12.1 Å². The number of benzene rings is 1. The van der Waals surface area contributed by atoms with Crippen molar-refractivity contribution in [3.8, 4) is 5.75 Å². The summed E-state index contributed by atoms with van der Waals surface area (Å²) in [4.78, 5) is 11.9. The van der Waals surface area contributed by atoms with Crippen LogP contribution in [-0.4, -0.2) is 19.1 Å². The average molecular weight is 302 g/mol. The number of nitrogens with one attached hydrogen (secondary N) is 1. The van der Waals surface area contributed by atoms with Crippen LogP contribution in [-0.2, 0) is 11.2 Å². The Hall–Kier alpha value is -0.930. The van der Waals surface area contributed by atoms with Crippen LogP contribution in [0.5, 0.6) is 5.75 Å². The minimum atomic E-state index is -0.00460. The van der Waals surface area contributed by atoms with Gasteiger partial charge in [-0.2, -0.15) is 0 Å². The van der Waals surface area contributed by atoms with Crippen LogP contribution >= 0.6 is 23.2 Å². The van der Waals surface area contributed by atoms with Crippen molar-refractivity contribution in [2.24, 2.45) is 0 Å². The number of carbonyl (C=O) groups excluding carboxylic acids is 1. The molecule has 0 radical (unpaired) electrons. The molecule has 0 heterocycles. The third-order valence-corrected chi connectivity index (χ3v) is 4.04. The molecule has 1 aromatic rings. The number of hydrogen-bond donors (Lipinski definition) is 1. The van der Waals surface area contributed by atoms with E-state index >= 15 is 0 Å². The normalized spacial score (nSPS) is 15.5. The zero-order valence-electron chi connectivity index (χ0n) is 10.8. The first kappa shape index (κ1) is 14.5. The van der Waals surface area contributed by atoms with Crippen LogP contribution < -0.4 is 10.1 Å². The van der Waals surface area contributed by atoms with Gasteiger partial charge in [0.2, 0.25) is 5.91 Å². The van der Waals surface area contributed by atoms with Crippen molar-refractivity contribution in [3.05, 3.63) is 27.7 Å². The maximum absolute atomic E-state index is 11.9. The van der Waals surface area contributed by atoms with Crippen LogP contribution in [0.2, 0.25) is 10.0 Å². The second-order valence-corrected chi connectivity index (χ2v) is 5.62. The lowest BCUT2D eigenvalue weighted by atomic mass is 10.1. The van der Waals surface area contributed by atoms with E-state index in [1.807, 2.05) is 0 Å². The maximum Gasteiger partial charge on any atom is 0.224 e. The lowest BCUT2D eigenvalue weighted by Crippen LogP contribution is -2.33. The van der Waals surface area contributed by atoms with Crippen LogP contribution in [0, 0.1) is 0 Å². The van der Waals surface area contributed by atoms with E-state index in [1.54, 1.807) is 12.1 Å². The highest BCUT2D eigenvalue weighted by atomic mass is 35.5. The van der Waals surface area contributed by atoms with Crippen molar-refractivity contribution in [2.45, 2.75) is 38.1 Å². The predicted molar refractivity (Wildman–Crippen MR) is 77.1 cm³/mol. The smallest absolute Gasteiger partial charge is 0.224 e. The molecule has 1 amide bonds. The molecular formula is C14H17Cl2NO2. The standard InChI is InChI=1S/C14H17Cl2NO2/c1-19-13-8-11(15)9(6-12(13)16)7-14(18)17-10-4-2-3-5-10/h6,8,10H,2-5,7H2,1H3,(H,17,18). The summed E-state index contributed by atoms with van der Waals surface area (Å²) in [6, 6.07) is 3.65. The number of rotatable bonds is 4. The second kappa shape index (κ2) is 6.49. The zero-order valence-corrected chi connectivity index (χ0v) is 12.4. The first-order chi connectivity index (χ1) is 9.10. The van der Waals surface area contributed by atoms with Crippen molar-refractivity contribution in [1.29, 1.82) is 0 Å². The van der Waals surface area contributed by atoms with E-state index in [4.69, 9.17) is 27.9 Å². The fourth-order valence-electron chi connectivity index (χ4n) is 2.38. The topological polar surface area (TPSA) is 38.3 Å². The first-order valence-corrected chi connectivity index (χ1v) is 7.17. The van der Waals surface area contributed by atoms with Crippen molar-refractivity contribution in [1.82, 2.24) is 5.32 Å². The Labute approximate surface area is 123 Å². The maximum atomic E-state index is 11.9. The van der Waals surface area contributed by atoms with Gasteiger partial charge in [0.1, 0.15) is 5.75 Å². The van der Waals surface area contributed by atoms with Gasteiger partial charge >= 0.3 is 0 Å². The number of hydrogen-bond acceptors (Lipinski definition) is 2. The summed E-state index contributed by atoms with van der Waals surface area (Å²) in [6.07, 6.45) is 4.78. The molecule has 1 N–H and O–H groups in total. The highest BCUT2D eigenvalue weighted by Crippen LogP contribution is 2.31. The molecule has 3 nitrogen and oxygen atoms in total. The summed E-state index contributed by atoms with van der Waals surface area (Å²) in [5.74, 6) is 0.515. The van der Waals surface area contributed by atoms with Crippen molar-refractivity contribution < 1.29 is 9.53 Å². The second-order valence-electron chi connectivity index (χ2n) is 4.80. The first-order valence-electron chi connectivity index (χ1n) is 6.41. The molecule has 0 unspecified atom stereocenters. The largest absolute Gasteiger partial charge is 0.495 e.